The van der Waals surface area contributed by atoms with Crippen LogP contribution in [-0.2, 0) is 9.53 Å². The van der Waals surface area contributed by atoms with E-state index in [0.717, 1.165) is 6.07 Å². The minimum atomic E-state index is -1.88. The van der Waals surface area contributed by atoms with E-state index in [1.807, 2.05) is 0 Å². The summed E-state index contributed by atoms with van der Waals surface area (Å²) in [5, 5.41) is 49.2. The molecule has 2 aromatic carbocycles. The summed E-state index contributed by atoms with van der Waals surface area (Å²) in [5.41, 5.74) is 0.176. The van der Waals surface area contributed by atoms with Crippen molar-refractivity contribution in [2.75, 3.05) is 7.11 Å². The number of hydrogen-bond acceptors (Lipinski definition) is 10. The van der Waals surface area contributed by atoms with Gasteiger partial charge >= 0.3 is 5.97 Å². The molecule has 1 aliphatic rings. The number of rotatable bonds is 5. The van der Waals surface area contributed by atoms with Gasteiger partial charge in [0.15, 0.2) is 6.10 Å². The number of fused-ring (bicyclic) bond motifs is 1. The van der Waals surface area contributed by atoms with Crippen molar-refractivity contribution in [3.8, 4) is 28.4 Å². The number of ether oxygens (including phenoxy) is 3. The van der Waals surface area contributed by atoms with Gasteiger partial charge in [-0.2, -0.15) is 0 Å². The number of phenolic OH excluding ortho intramolecular Hbond substituents is 1. The van der Waals surface area contributed by atoms with Gasteiger partial charge < -0.3 is 44.2 Å². The van der Waals surface area contributed by atoms with E-state index in [1.165, 1.54) is 19.4 Å². The summed E-state index contributed by atoms with van der Waals surface area (Å²) in [7, 11) is 1.51. The highest BCUT2D eigenvalue weighted by Crippen LogP contribution is 2.33. The highest BCUT2D eigenvalue weighted by atomic mass is 16.7. The molecule has 3 aromatic rings. The standard InChI is InChI=1S/C22H20O11/c1-30-10-4-2-9(3-5-10)12-8-31-14-7-11(6-13(23)15(14)16(12)24)32-22-19(27)17(25)18(26)20(33-22)21(28)29/h2-8,17-20,22-23,25-27H,1H3,(H,28,29)/t17-,18-,19+,20-,22+/m0/s1. The second-order valence-electron chi connectivity index (χ2n) is 7.38. The normalized spacial score (nSPS) is 25.0. The van der Waals surface area contributed by atoms with E-state index >= 15 is 0 Å². The molecule has 11 nitrogen and oxygen atoms in total. The van der Waals surface area contributed by atoms with Gasteiger partial charge in [0.1, 0.15) is 52.8 Å². The van der Waals surface area contributed by atoms with E-state index in [9.17, 15) is 30.0 Å². The molecule has 2 heterocycles. The molecule has 1 saturated heterocycles. The van der Waals surface area contributed by atoms with Crippen LogP contribution in [0.5, 0.6) is 17.2 Å². The summed E-state index contributed by atoms with van der Waals surface area (Å²) >= 11 is 0. The Bertz CT molecular complexity index is 1230. The second-order valence-corrected chi connectivity index (χ2v) is 7.38. The maximum absolute atomic E-state index is 13.0. The van der Waals surface area contributed by atoms with Gasteiger partial charge in [0.25, 0.3) is 0 Å². The molecule has 5 atom stereocenters. The number of benzene rings is 2. The molecule has 0 aliphatic carbocycles. The average Bonchev–Trinajstić information content (AvgIpc) is 2.79. The van der Waals surface area contributed by atoms with Gasteiger partial charge in [-0.25, -0.2) is 4.79 Å². The van der Waals surface area contributed by atoms with E-state index in [2.05, 4.69) is 0 Å². The molecule has 33 heavy (non-hydrogen) atoms. The van der Waals surface area contributed by atoms with Gasteiger partial charge in [-0.05, 0) is 17.7 Å². The van der Waals surface area contributed by atoms with Gasteiger partial charge in [-0.15, -0.1) is 0 Å². The van der Waals surface area contributed by atoms with Crippen LogP contribution < -0.4 is 14.9 Å². The summed E-state index contributed by atoms with van der Waals surface area (Å²) in [5.74, 6) is -1.60. The molecular formula is C22H20O11. The van der Waals surface area contributed by atoms with Crippen molar-refractivity contribution in [1.82, 2.24) is 0 Å². The third-order valence-electron chi connectivity index (χ3n) is 5.30. The van der Waals surface area contributed by atoms with Crippen molar-refractivity contribution in [2.24, 2.45) is 0 Å². The molecule has 0 bridgehead atoms. The quantitative estimate of drug-likeness (QED) is 0.357. The van der Waals surface area contributed by atoms with Crippen LogP contribution in [0.15, 0.2) is 51.9 Å². The molecular weight excluding hydrogens is 440 g/mol. The first kappa shape index (κ1) is 22.6. The van der Waals surface area contributed by atoms with E-state index in [1.54, 1.807) is 24.3 Å². The third kappa shape index (κ3) is 4.10. The zero-order valence-electron chi connectivity index (χ0n) is 17.1. The average molecular weight is 460 g/mol. The highest BCUT2D eigenvalue weighted by molar-refractivity contribution is 5.88. The molecule has 0 radical (unpaired) electrons. The lowest BCUT2D eigenvalue weighted by molar-refractivity contribution is -0.271. The Hall–Kier alpha value is -3.64. The van der Waals surface area contributed by atoms with Crippen molar-refractivity contribution < 1.29 is 49.0 Å². The summed E-state index contributed by atoms with van der Waals surface area (Å²) in [6, 6.07) is 8.94. The number of aliphatic hydroxyl groups excluding tert-OH is 3. The van der Waals surface area contributed by atoms with Crippen molar-refractivity contribution in [2.45, 2.75) is 30.7 Å². The van der Waals surface area contributed by atoms with Crippen molar-refractivity contribution in [1.29, 1.82) is 0 Å². The zero-order valence-corrected chi connectivity index (χ0v) is 17.1. The number of aliphatic carboxylic acids is 1. The Morgan fingerprint density at radius 2 is 1.70 bits per heavy atom. The predicted molar refractivity (Wildman–Crippen MR) is 111 cm³/mol. The maximum Gasteiger partial charge on any atom is 0.335 e. The number of methoxy groups -OCH3 is 1. The van der Waals surface area contributed by atoms with Crippen LogP contribution in [0.25, 0.3) is 22.1 Å². The van der Waals surface area contributed by atoms with Gasteiger partial charge in [-0.3, -0.25) is 4.79 Å². The summed E-state index contributed by atoms with van der Waals surface area (Å²) < 4.78 is 21.1. The van der Waals surface area contributed by atoms with E-state index in [-0.39, 0.29) is 22.3 Å². The van der Waals surface area contributed by atoms with E-state index < -0.39 is 47.9 Å². The van der Waals surface area contributed by atoms with Gasteiger partial charge in [0.05, 0.1) is 12.7 Å². The first-order chi connectivity index (χ1) is 15.7. The van der Waals surface area contributed by atoms with Crippen LogP contribution in [0.1, 0.15) is 0 Å². The summed E-state index contributed by atoms with van der Waals surface area (Å²) in [4.78, 5) is 24.2. The molecule has 1 aliphatic heterocycles. The summed E-state index contributed by atoms with van der Waals surface area (Å²) in [6.07, 6.45) is -7.86. The number of carboxylic acids is 1. The fourth-order valence-electron chi connectivity index (χ4n) is 3.53. The number of hydrogen-bond donors (Lipinski definition) is 5. The van der Waals surface area contributed by atoms with Crippen LogP contribution in [0, 0.1) is 0 Å². The minimum Gasteiger partial charge on any atom is -0.507 e. The second kappa shape index (κ2) is 8.71. The van der Waals surface area contributed by atoms with Crippen LogP contribution in [-0.4, -0.2) is 69.3 Å². The van der Waals surface area contributed by atoms with Gasteiger partial charge in [0.2, 0.25) is 11.7 Å². The molecule has 174 valence electrons. The SMILES string of the molecule is COc1ccc(-c2coc3cc(O[C@@H]4O[C@H](C(=O)O)[C@@H](O)[C@H](O)[C@H]4O)cc(O)c3c2=O)cc1. The van der Waals surface area contributed by atoms with E-state index in [4.69, 9.17) is 23.7 Å². The molecule has 0 saturated carbocycles. The lowest BCUT2D eigenvalue weighted by Crippen LogP contribution is -2.61. The van der Waals surface area contributed by atoms with Crippen LogP contribution in [0.4, 0.5) is 0 Å². The molecule has 1 fully saturated rings. The van der Waals surface area contributed by atoms with Gasteiger partial charge in [-0.1, -0.05) is 12.1 Å². The Morgan fingerprint density at radius 3 is 2.33 bits per heavy atom. The Kier molecular flexibility index (Phi) is 5.95. The fourth-order valence-corrected chi connectivity index (χ4v) is 3.53. The van der Waals surface area contributed by atoms with Crippen molar-refractivity contribution in [3.63, 3.8) is 0 Å². The predicted octanol–water partition coefficient (Wildman–Crippen LogP) is 0.445. The first-order valence-corrected chi connectivity index (χ1v) is 9.73. The highest BCUT2D eigenvalue weighted by Gasteiger charge is 2.48. The summed E-state index contributed by atoms with van der Waals surface area (Å²) in [6.45, 7) is 0. The monoisotopic (exact) mass is 460 g/mol. The number of carboxylic acid groups (broad SMARTS) is 1. The topological polar surface area (TPSA) is 176 Å². The maximum atomic E-state index is 13.0. The Balaban J connectivity index is 1.67. The molecule has 11 heteroatoms. The third-order valence-corrected chi connectivity index (χ3v) is 5.30. The largest absolute Gasteiger partial charge is 0.507 e. The number of carbonyl (C=O) groups is 1. The first-order valence-electron chi connectivity index (χ1n) is 9.73. The molecule has 1 aromatic heterocycles. The lowest BCUT2D eigenvalue weighted by Gasteiger charge is -2.38. The number of phenols is 1. The molecule has 5 N–H and O–H groups in total. The minimum absolute atomic E-state index is 0.0482. The molecule has 0 unspecified atom stereocenters. The van der Waals surface area contributed by atoms with E-state index in [0.29, 0.717) is 11.3 Å². The number of aliphatic hydroxyl groups is 3. The number of aromatic hydroxyl groups is 1. The van der Waals surface area contributed by atoms with Crippen LogP contribution in [0.2, 0.25) is 0 Å². The van der Waals surface area contributed by atoms with Crippen molar-refractivity contribution >= 4 is 16.9 Å². The molecule has 4 rings (SSSR count). The Labute approximate surface area is 185 Å². The van der Waals surface area contributed by atoms with Gasteiger partial charge in [0, 0.05) is 12.1 Å². The fraction of sp³-hybridized carbons (Fsp3) is 0.273. The van der Waals surface area contributed by atoms with Crippen LogP contribution >= 0.6 is 0 Å². The van der Waals surface area contributed by atoms with Crippen molar-refractivity contribution in [3.05, 3.63) is 52.9 Å². The zero-order chi connectivity index (χ0) is 23.9. The Morgan fingerprint density at radius 1 is 1.00 bits per heavy atom. The van der Waals surface area contributed by atoms with Crippen LogP contribution in [0.3, 0.4) is 0 Å². The smallest absolute Gasteiger partial charge is 0.335 e. The molecule has 0 spiro atoms. The molecule has 0 amide bonds. The lowest BCUT2D eigenvalue weighted by atomic mass is 9.99.